The SMILES string of the molecule is O=C(NC[C@@H]1CCO[C@@H](c2cccc(-c3ccc(Cl)cc3)c2)C(=O)N1)c1cscn1. The normalized spacial score (nSPS) is 19.0. The van der Waals surface area contributed by atoms with Gasteiger partial charge >= 0.3 is 0 Å². The lowest BCUT2D eigenvalue weighted by atomic mass is 10.0. The van der Waals surface area contributed by atoms with Gasteiger partial charge in [-0.2, -0.15) is 0 Å². The van der Waals surface area contributed by atoms with Crippen molar-refractivity contribution < 1.29 is 14.3 Å². The molecule has 0 bridgehead atoms. The van der Waals surface area contributed by atoms with Crippen molar-refractivity contribution in [3.8, 4) is 11.1 Å². The molecule has 0 unspecified atom stereocenters. The number of amides is 2. The topological polar surface area (TPSA) is 80.3 Å². The molecule has 2 amide bonds. The van der Waals surface area contributed by atoms with Crippen LogP contribution in [0, 0.1) is 0 Å². The van der Waals surface area contributed by atoms with Crippen LogP contribution in [0.5, 0.6) is 0 Å². The summed E-state index contributed by atoms with van der Waals surface area (Å²) < 4.78 is 5.86. The number of aromatic nitrogens is 1. The molecule has 1 fully saturated rings. The molecule has 0 aliphatic carbocycles. The number of hydrogen-bond donors (Lipinski definition) is 2. The van der Waals surface area contributed by atoms with Gasteiger partial charge in [0.1, 0.15) is 5.69 Å². The van der Waals surface area contributed by atoms with E-state index in [0.29, 0.717) is 30.3 Å². The monoisotopic (exact) mass is 441 g/mol. The fraction of sp³-hybridized carbons (Fsp3) is 0.227. The van der Waals surface area contributed by atoms with Crippen molar-refractivity contribution in [3.05, 3.63) is 75.7 Å². The predicted octanol–water partition coefficient (Wildman–Crippen LogP) is 3.84. The molecule has 1 aromatic heterocycles. The molecule has 2 atom stereocenters. The van der Waals surface area contributed by atoms with Gasteiger partial charge in [-0.3, -0.25) is 9.59 Å². The van der Waals surface area contributed by atoms with Crippen molar-refractivity contribution in [1.29, 1.82) is 0 Å². The third-order valence-electron chi connectivity index (χ3n) is 4.88. The first-order chi connectivity index (χ1) is 14.6. The van der Waals surface area contributed by atoms with Gasteiger partial charge in [0.2, 0.25) is 0 Å². The fourth-order valence-electron chi connectivity index (χ4n) is 3.31. The average Bonchev–Trinajstić information content (AvgIpc) is 3.23. The number of carbonyl (C=O) groups excluding carboxylic acids is 2. The Morgan fingerprint density at radius 1 is 1.23 bits per heavy atom. The van der Waals surface area contributed by atoms with Crippen molar-refractivity contribution in [2.24, 2.45) is 0 Å². The number of nitrogens with zero attached hydrogens (tertiary/aromatic N) is 1. The third kappa shape index (κ3) is 4.87. The molecule has 0 saturated carbocycles. The van der Waals surface area contributed by atoms with E-state index < -0.39 is 6.10 Å². The van der Waals surface area contributed by atoms with Crippen LogP contribution in [-0.2, 0) is 9.53 Å². The molecule has 1 aliphatic heterocycles. The molecule has 2 N–H and O–H groups in total. The second-order valence-electron chi connectivity index (χ2n) is 6.96. The highest BCUT2D eigenvalue weighted by Crippen LogP contribution is 2.27. The van der Waals surface area contributed by atoms with Gasteiger partial charge in [-0.1, -0.05) is 41.9 Å². The largest absolute Gasteiger partial charge is 0.364 e. The summed E-state index contributed by atoms with van der Waals surface area (Å²) in [5.74, 6) is -0.462. The van der Waals surface area contributed by atoms with E-state index in [1.165, 1.54) is 11.3 Å². The van der Waals surface area contributed by atoms with Crippen LogP contribution >= 0.6 is 22.9 Å². The first-order valence-corrected chi connectivity index (χ1v) is 10.9. The molecule has 2 aromatic carbocycles. The molecule has 1 saturated heterocycles. The van der Waals surface area contributed by atoms with E-state index in [1.54, 1.807) is 10.9 Å². The molecule has 3 aromatic rings. The molecule has 0 radical (unpaired) electrons. The summed E-state index contributed by atoms with van der Waals surface area (Å²) in [6, 6.07) is 15.1. The van der Waals surface area contributed by atoms with Gasteiger partial charge in [0.05, 0.1) is 12.1 Å². The van der Waals surface area contributed by atoms with E-state index in [1.807, 2.05) is 48.5 Å². The van der Waals surface area contributed by atoms with Crippen LogP contribution in [0.15, 0.2) is 59.4 Å². The van der Waals surface area contributed by atoms with Crippen LogP contribution in [0.2, 0.25) is 5.02 Å². The van der Waals surface area contributed by atoms with E-state index in [9.17, 15) is 9.59 Å². The number of ether oxygens (including phenoxy) is 1. The Morgan fingerprint density at radius 3 is 2.83 bits per heavy atom. The lowest BCUT2D eigenvalue weighted by Gasteiger charge is -2.17. The maximum atomic E-state index is 12.8. The summed E-state index contributed by atoms with van der Waals surface area (Å²) in [7, 11) is 0. The number of halogens is 1. The van der Waals surface area contributed by atoms with Crippen LogP contribution < -0.4 is 10.6 Å². The Balaban J connectivity index is 1.42. The maximum Gasteiger partial charge on any atom is 0.270 e. The Kier molecular flexibility index (Phi) is 6.42. The van der Waals surface area contributed by atoms with E-state index in [0.717, 1.165) is 16.7 Å². The first-order valence-electron chi connectivity index (χ1n) is 9.54. The standard InChI is InChI=1S/C22H20ClN3O3S/c23-17-6-4-14(5-7-17)15-2-1-3-16(10-15)20-22(28)26-18(8-9-29-20)11-24-21(27)19-12-30-13-25-19/h1-7,10,12-13,18,20H,8-9,11H2,(H,24,27)(H,26,28)/t18-,20-/m0/s1. The molecule has 2 heterocycles. The molecule has 154 valence electrons. The van der Waals surface area contributed by atoms with Crippen molar-refractivity contribution in [2.45, 2.75) is 18.6 Å². The Bertz CT molecular complexity index is 1020. The summed E-state index contributed by atoms with van der Waals surface area (Å²) in [6.07, 6.45) is -0.0901. The highest BCUT2D eigenvalue weighted by molar-refractivity contribution is 7.07. The number of rotatable bonds is 5. The van der Waals surface area contributed by atoms with Gasteiger partial charge in [-0.15, -0.1) is 11.3 Å². The van der Waals surface area contributed by atoms with Gasteiger partial charge in [-0.25, -0.2) is 4.98 Å². The van der Waals surface area contributed by atoms with Gasteiger partial charge in [0, 0.05) is 23.0 Å². The number of nitrogens with one attached hydrogen (secondary N) is 2. The van der Waals surface area contributed by atoms with E-state index in [2.05, 4.69) is 15.6 Å². The van der Waals surface area contributed by atoms with Crippen LogP contribution in [0.1, 0.15) is 28.6 Å². The molecule has 6 nitrogen and oxygen atoms in total. The smallest absolute Gasteiger partial charge is 0.270 e. The summed E-state index contributed by atoms with van der Waals surface area (Å²) in [4.78, 5) is 28.9. The lowest BCUT2D eigenvalue weighted by molar-refractivity contribution is -0.131. The molecular weight excluding hydrogens is 422 g/mol. The van der Waals surface area contributed by atoms with E-state index in [4.69, 9.17) is 16.3 Å². The summed E-state index contributed by atoms with van der Waals surface area (Å²) >= 11 is 7.34. The van der Waals surface area contributed by atoms with Gasteiger partial charge in [0.25, 0.3) is 11.8 Å². The summed E-state index contributed by atoms with van der Waals surface area (Å²) in [6.45, 7) is 0.731. The van der Waals surface area contributed by atoms with Crippen molar-refractivity contribution in [1.82, 2.24) is 15.6 Å². The molecule has 1 aliphatic rings. The highest BCUT2D eigenvalue weighted by atomic mass is 35.5. The van der Waals surface area contributed by atoms with Gasteiger partial charge in [-0.05, 0) is 41.3 Å². The molecular formula is C22H20ClN3O3S. The van der Waals surface area contributed by atoms with Crippen molar-refractivity contribution in [3.63, 3.8) is 0 Å². The number of thiazole rings is 1. The number of benzene rings is 2. The van der Waals surface area contributed by atoms with Crippen LogP contribution in [0.3, 0.4) is 0 Å². The minimum absolute atomic E-state index is 0.204. The Hall–Kier alpha value is -2.74. The number of carbonyl (C=O) groups is 2. The maximum absolute atomic E-state index is 12.8. The summed E-state index contributed by atoms with van der Waals surface area (Å²) in [5.41, 5.74) is 4.77. The minimum Gasteiger partial charge on any atom is -0.364 e. The van der Waals surface area contributed by atoms with Gasteiger partial charge < -0.3 is 15.4 Å². The zero-order valence-corrected chi connectivity index (χ0v) is 17.6. The predicted molar refractivity (Wildman–Crippen MR) is 117 cm³/mol. The molecule has 8 heteroatoms. The van der Waals surface area contributed by atoms with E-state index >= 15 is 0 Å². The van der Waals surface area contributed by atoms with Crippen molar-refractivity contribution in [2.75, 3.05) is 13.2 Å². The first kappa shape index (κ1) is 20.5. The minimum atomic E-state index is -0.698. The molecule has 0 spiro atoms. The zero-order valence-electron chi connectivity index (χ0n) is 16.0. The van der Waals surface area contributed by atoms with Crippen LogP contribution in [-0.4, -0.2) is 36.0 Å². The average molecular weight is 442 g/mol. The second kappa shape index (κ2) is 9.38. The number of hydrogen-bond acceptors (Lipinski definition) is 5. The molecule has 4 rings (SSSR count). The van der Waals surface area contributed by atoms with Gasteiger partial charge in [0.15, 0.2) is 6.10 Å². The highest BCUT2D eigenvalue weighted by Gasteiger charge is 2.28. The Labute approximate surface area is 183 Å². The zero-order chi connectivity index (χ0) is 20.9. The second-order valence-corrected chi connectivity index (χ2v) is 8.12. The van der Waals surface area contributed by atoms with E-state index in [-0.39, 0.29) is 17.9 Å². The Morgan fingerprint density at radius 2 is 2.07 bits per heavy atom. The molecule has 30 heavy (non-hydrogen) atoms. The van der Waals surface area contributed by atoms with Crippen LogP contribution in [0.25, 0.3) is 11.1 Å². The van der Waals surface area contributed by atoms with Crippen molar-refractivity contribution >= 4 is 34.8 Å². The lowest BCUT2D eigenvalue weighted by Crippen LogP contribution is -2.44. The summed E-state index contributed by atoms with van der Waals surface area (Å²) in [5, 5.41) is 8.16. The quantitative estimate of drug-likeness (QED) is 0.630. The van der Waals surface area contributed by atoms with Crippen LogP contribution in [0.4, 0.5) is 0 Å². The fourth-order valence-corrected chi connectivity index (χ4v) is 3.97. The third-order valence-corrected chi connectivity index (χ3v) is 5.71.